The number of aliphatic hydroxyl groups is 4. The molecule has 0 aliphatic heterocycles. The molecule has 0 saturated carbocycles. The van der Waals surface area contributed by atoms with Crippen LogP contribution in [-0.4, -0.2) is 39.2 Å². The Morgan fingerprint density at radius 2 is 1.73 bits per heavy atom. The van der Waals surface area contributed by atoms with E-state index in [2.05, 4.69) is 0 Å². The molecular formula is C7H14O4. The molecule has 0 aromatic rings. The molecule has 0 rings (SSSR count). The van der Waals surface area contributed by atoms with Gasteiger partial charge in [0.15, 0.2) is 0 Å². The second kappa shape index (κ2) is 4.33. The minimum atomic E-state index is -1.38. The predicted octanol–water partition coefficient (Wildman–Crippen LogP) is -0.448. The van der Waals surface area contributed by atoms with Crippen molar-refractivity contribution in [2.75, 3.05) is 6.61 Å². The van der Waals surface area contributed by atoms with Crippen LogP contribution in [0.5, 0.6) is 0 Å². The standard InChI is InChI=1S/C7H14O4/c1-4(2)6(10)7(11)5(9)3-8/h5,7-11H,3H2,1-2H3/t5-,7+/m1/s1. The molecule has 0 aromatic carbocycles. The maximum absolute atomic E-state index is 9.06. The lowest BCUT2D eigenvalue weighted by Gasteiger charge is -2.15. The fraction of sp³-hybridized carbons (Fsp3) is 0.714. The maximum atomic E-state index is 9.06. The second-order valence-corrected chi connectivity index (χ2v) is 2.58. The van der Waals surface area contributed by atoms with E-state index in [1.54, 1.807) is 13.8 Å². The topological polar surface area (TPSA) is 80.9 Å². The molecule has 0 aliphatic rings. The van der Waals surface area contributed by atoms with E-state index in [4.69, 9.17) is 20.4 Å². The summed E-state index contributed by atoms with van der Waals surface area (Å²) >= 11 is 0. The van der Waals surface area contributed by atoms with Gasteiger partial charge in [-0.15, -0.1) is 0 Å². The van der Waals surface area contributed by atoms with E-state index in [9.17, 15) is 0 Å². The summed E-state index contributed by atoms with van der Waals surface area (Å²) in [6.45, 7) is 2.63. The van der Waals surface area contributed by atoms with E-state index in [-0.39, 0.29) is 5.76 Å². The van der Waals surface area contributed by atoms with Gasteiger partial charge in [0, 0.05) is 0 Å². The molecule has 0 aromatic heterocycles. The van der Waals surface area contributed by atoms with Gasteiger partial charge in [0.2, 0.25) is 0 Å². The molecule has 0 bridgehead atoms. The molecular weight excluding hydrogens is 148 g/mol. The van der Waals surface area contributed by atoms with Crippen LogP contribution in [0.1, 0.15) is 13.8 Å². The Hall–Kier alpha value is -0.580. The zero-order chi connectivity index (χ0) is 9.02. The summed E-state index contributed by atoms with van der Waals surface area (Å²) in [5, 5.41) is 35.3. The Morgan fingerprint density at radius 1 is 1.27 bits per heavy atom. The minimum Gasteiger partial charge on any atom is -0.510 e. The summed E-state index contributed by atoms with van der Waals surface area (Å²) in [6.07, 6.45) is -2.70. The fourth-order valence-electron chi connectivity index (χ4n) is 0.578. The first-order valence-corrected chi connectivity index (χ1v) is 3.34. The van der Waals surface area contributed by atoms with Crippen LogP contribution >= 0.6 is 0 Å². The molecule has 2 atom stereocenters. The van der Waals surface area contributed by atoms with Crippen LogP contribution in [-0.2, 0) is 0 Å². The molecule has 0 heterocycles. The molecule has 0 saturated heterocycles. The molecule has 66 valence electrons. The van der Waals surface area contributed by atoms with Crippen LogP contribution in [0.2, 0.25) is 0 Å². The Morgan fingerprint density at radius 3 is 2.00 bits per heavy atom. The minimum absolute atomic E-state index is 0.286. The summed E-state index contributed by atoms with van der Waals surface area (Å²) < 4.78 is 0. The fourth-order valence-corrected chi connectivity index (χ4v) is 0.578. The maximum Gasteiger partial charge on any atom is 0.139 e. The first-order valence-electron chi connectivity index (χ1n) is 3.34. The van der Waals surface area contributed by atoms with Crippen LogP contribution in [0.15, 0.2) is 11.3 Å². The highest BCUT2D eigenvalue weighted by Crippen LogP contribution is 2.08. The van der Waals surface area contributed by atoms with Crippen LogP contribution in [0, 0.1) is 0 Å². The number of rotatable bonds is 3. The quantitative estimate of drug-likeness (QED) is 0.424. The average Bonchev–Trinajstić information content (AvgIpc) is 2.00. The van der Waals surface area contributed by atoms with Crippen molar-refractivity contribution in [2.24, 2.45) is 0 Å². The Labute approximate surface area is 65.4 Å². The molecule has 4 nitrogen and oxygen atoms in total. The highest BCUT2D eigenvalue weighted by Gasteiger charge is 2.19. The molecule has 0 unspecified atom stereocenters. The van der Waals surface area contributed by atoms with Gasteiger partial charge >= 0.3 is 0 Å². The monoisotopic (exact) mass is 162 g/mol. The lowest BCUT2D eigenvalue weighted by molar-refractivity contribution is -0.0141. The third kappa shape index (κ3) is 2.88. The van der Waals surface area contributed by atoms with Crippen LogP contribution in [0.25, 0.3) is 0 Å². The van der Waals surface area contributed by atoms with Gasteiger partial charge in [0.1, 0.15) is 18.0 Å². The summed E-state index contributed by atoms with van der Waals surface area (Å²) in [6, 6.07) is 0. The number of allylic oxidation sites excluding steroid dienone is 1. The zero-order valence-corrected chi connectivity index (χ0v) is 6.65. The molecule has 4 heteroatoms. The van der Waals surface area contributed by atoms with E-state index in [1.165, 1.54) is 0 Å². The smallest absolute Gasteiger partial charge is 0.139 e. The van der Waals surface area contributed by atoms with Crippen molar-refractivity contribution < 1.29 is 20.4 Å². The largest absolute Gasteiger partial charge is 0.510 e. The van der Waals surface area contributed by atoms with Gasteiger partial charge in [0.25, 0.3) is 0 Å². The van der Waals surface area contributed by atoms with Gasteiger partial charge < -0.3 is 20.4 Å². The van der Waals surface area contributed by atoms with E-state index >= 15 is 0 Å². The molecule has 0 spiro atoms. The Kier molecular flexibility index (Phi) is 4.10. The van der Waals surface area contributed by atoms with E-state index in [0.29, 0.717) is 5.57 Å². The number of aliphatic hydroxyl groups excluding tert-OH is 4. The van der Waals surface area contributed by atoms with Gasteiger partial charge in [-0.1, -0.05) is 0 Å². The summed E-state index contributed by atoms with van der Waals surface area (Å²) in [5.41, 5.74) is 0.519. The third-order valence-corrected chi connectivity index (χ3v) is 1.34. The summed E-state index contributed by atoms with van der Waals surface area (Å²) in [7, 11) is 0. The van der Waals surface area contributed by atoms with Gasteiger partial charge in [0.05, 0.1) is 6.61 Å². The van der Waals surface area contributed by atoms with E-state index < -0.39 is 18.8 Å². The molecule has 0 aliphatic carbocycles. The summed E-state index contributed by atoms with van der Waals surface area (Å²) in [4.78, 5) is 0. The Balaban J connectivity index is 4.24. The van der Waals surface area contributed by atoms with Gasteiger partial charge in [-0.25, -0.2) is 0 Å². The normalized spacial score (nSPS) is 15.7. The second-order valence-electron chi connectivity index (χ2n) is 2.58. The van der Waals surface area contributed by atoms with E-state index in [0.717, 1.165) is 0 Å². The van der Waals surface area contributed by atoms with Crippen molar-refractivity contribution in [3.05, 3.63) is 11.3 Å². The van der Waals surface area contributed by atoms with Crippen molar-refractivity contribution in [1.29, 1.82) is 0 Å². The molecule has 0 fully saturated rings. The highest BCUT2D eigenvalue weighted by atomic mass is 16.4. The highest BCUT2D eigenvalue weighted by molar-refractivity contribution is 5.07. The lowest BCUT2D eigenvalue weighted by Crippen LogP contribution is -2.31. The number of hydrogen-bond acceptors (Lipinski definition) is 4. The predicted molar refractivity (Wildman–Crippen MR) is 40.1 cm³/mol. The van der Waals surface area contributed by atoms with Crippen molar-refractivity contribution in [3.8, 4) is 0 Å². The van der Waals surface area contributed by atoms with Gasteiger partial charge in [-0.3, -0.25) is 0 Å². The SMILES string of the molecule is CC(C)=C(O)[C@@H](O)[C@H](O)CO. The molecule has 4 N–H and O–H groups in total. The first kappa shape index (κ1) is 10.4. The van der Waals surface area contributed by atoms with Crippen LogP contribution < -0.4 is 0 Å². The average molecular weight is 162 g/mol. The lowest BCUT2D eigenvalue weighted by atomic mass is 10.1. The van der Waals surface area contributed by atoms with Crippen molar-refractivity contribution in [1.82, 2.24) is 0 Å². The van der Waals surface area contributed by atoms with Crippen LogP contribution in [0.4, 0.5) is 0 Å². The van der Waals surface area contributed by atoms with Crippen molar-refractivity contribution in [3.63, 3.8) is 0 Å². The third-order valence-electron chi connectivity index (χ3n) is 1.34. The number of hydrogen-bond donors (Lipinski definition) is 4. The van der Waals surface area contributed by atoms with Crippen molar-refractivity contribution >= 4 is 0 Å². The van der Waals surface area contributed by atoms with Crippen LogP contribution in [0.3, 0.4) is 0 Å². The van der Waals surface area contributed by atoms with E-state index in [1.807, 2.05) is 0 Å². The summed E-state index contributed by atoms with van der Waals surface area (Å²) in [5.74, 6) is -0.286. The first-order chi connectivity index (χ1) is 5.00. The van der Waals surface area contributed by atoms with Gasteiger partial charge in [-0.2, -0.15) is 0 Å². The molecule has 0 amide bonds. The molecule has 0 radical (unpaired) electrons. The van der Waals surface area contributed by atoms with Gasteiger partial charge in [-0.05, 0) is 19.4 Å². The molecule has 11 heavy (non-hydrogen) atoms. The van der Waals surface area contributed by atoms with Crippen molar-refractivity contribution in [2.45, 2.75) is 26.1 Å². The Bertz CT molecular complexity index is 149. The zero-order valence-electron chi connectivity index (χ0n) is 6.65.